The van der Waals surface area contributed by atoms with E-state index >= 15 is 0 Å². The standard InChI is InChI=1S/C2H4O2.CHNS.ClH.NO3/c1-2(3)4;2-1-3;;2-1(3)4/h1H3,(H,3,4);3H;1H;/q;;;-1. The number of hydrogen-bond donors (Lipinski definition) is 2. The van der Waals surface area contributed by atoms with Crippen molar-refractivity contribution >= 4 is 31.0 Å². The molecule has 1 N–H and O–H groups in total. The maximum atomic E-state index is 9.00. The van der Waals surface area contributed by atoms with E-state index in [0.717, 1.165) is 6.92 Å². The summed E-state index contributed by atoms with van der Waals surface area (Å²) in [5.74, 6) is -0.833. The average Bonchev–Trinajstić information content (AvgIpc) is 1.60. The van der Waals surface area contributed by atoms with E-state index in [-0.39, 0.29) is 12.4 Å². The zero-order valence-electron chi connectivity index (χ0n) is 5.83. The maximum Gasteiger partial charge on any atom is 0.300 e. The maximum absolute atomic E-state index is 9.00. The molecule has 0 aromatic carbocycles. The molecule has 0 unspecified atom stereocenters. The summed E-state index contributed by atoms with van der Waals surface area (Å²) in [6.07, 6.45) is 0. The fourth-order valence-corrected chi connectivity index (χ4v) is 0. The molecule has 0 aromatic heterocycles. The van der Waals surface area contributed by atoms with Crippen LogP contribution in [0.5, 0.6) is 0 Å². The molecule has 0 rings (SSSR count). The Morgan fingerprint density at radius 1 is 1.67 bits per heavy atom. The third-order valence-electron chi connectivity index (χ3n) is 0. The Labute approximate surface area is 79.5 Å². The number of nitriles is 1. The van der Waals surface area contributed by atoms with E-state index in [2.05, 4.69) is 12.6 Å². The molecule has 7 nitrogen and oxygen atoms in total. The van der Waals surface area contributed by atoms with Gasteiger partial charge in [-0.3, -0.25) is 4.79 Å². The number of carboxylic acids is 1. The van der Waals surface area contributed by atoms with Crippen molar-refractivity contribution in [3.05, 3.63) is 15.3 Å². The van der Waals surface area contributed by atoms with Gasteiger partial charge in [0.05, 0.1) is 5.09 Å². The molecule has 0 radical (unpaired) electrons. The van der Waals surface area contributed by atoms with Crippen LogP contribution in [0.1, 0.15) is 6.92 Å². The first kappa shape index (κ1) is 22.4. The Hall–Kier alpha value is -1.20. The van der Waals surface area contributed by atoms with Crippen molar-refractivity contribution in [1.82, 2.24) is 0 Å². The molecule has 0 spiro atoms. The lowest BCUT2D eigenvalue weighted by atomic mass is 10.9. The van der Waals surface area contributed by atoms with Crippen LogP contribution in [-0.2, 0) is 4.79 Å². The Balaban J connectivity index is -0.0000000389. The zero-order valence-corrected chi connectivity index (χ0v) is 7.54. The third kappa shape index (κ3) is 372. The van der Waals surface area contributed by atoms with Gasteiger partial charge in [0.1, 0.15) is 5.40 Å². The van der Waals surface area contributed by atoms with Crippen LogP contribution in [0.4, 0.5) is 0 Å². The first-order valence-corrected chi connectivity index (χ1v) is 2.37. The topological polar surface area (TPSA) is 127 Å². The Morgan fingerprint density at radius 3 is 1.67 bits per heavy atom. The summed E-state index contributed by atoms with van der Waals surface area (Å²) in [5, 5.41) is 30.8. The van der Waals surface area contributed by atoms with E-state index < -0.39 is 11.1 Å². The first-order valence-electron chi connectivity index (χ1n) is 1.92. The molecule has 0 saturated carbocycles. The molecule has 0 aromatic rings. The van der Waals surface area contributed by atoms with Gasteiger partial charge in [0.25, 0.3) is 5.97 Å². The molecule has 0 atom stereocenters. The number of rotatable bonds is 0. The highest BCUT2D eigenvalue weighted by atomic mass is 35.5. The molecule has 12 heavy (non-hydrogen) atoms. The molecule has 0 fully saturated rings. The van der Waals surface area contributed by atoms with Crippen molar-refractivity contribution < 1.29 is 15.0 Å². The fourth-order valence-electron chi connectivity index (χ4n) is 0. The smallest absolute Gasteiger partial charge is 0.300 e. The molecular formula is C3H6ClN2O5S-. The minimum absolute atomic E-state index is 0. The third-order valence-corrected chi connectivity index (χ3v) is 0. The molecule has 72 valence electrons. The van der Waals surface area contributed by atoms with Crippen molar-refractivity contribution in [2.45, 2.75) is 6.92 Å². The predicted octanol–water partition coefficient (Wildman–Crippen LogP) is 0.671. The van der Waals surface area contributed by atoms with Gasteiger partial charge in [-0.1, -0.05) is 12.6 Å². The first-order chi connectivity index (χ1) is 4.88. The summed E-state index contributed by atoms with van der Waals surface area (Å²) in [4.78, 5) is 17.2. The van der Waals surface area contributed by atoms with E-state index in [1.807, 2.05) is 0 Å². The van der Waals surface area contributed by atoms with Gasteiger partial charge >= 0.3 is 0 Å². The molecule has 0 aliphatic heterocycles. The highest BCUT2D eigenvalue weighted by Gasteiger charge is 1.65. The van der Waals surface area contributed by atoms with Crippen LogP contribution in [0, 0.1) is 26.0 Å². The monoisotopic (exact) mass is 217 g/mol. The van der Waals surface area contributed by atoms with E-state index in [0.29, 0.717) is 0 Å². The van der Waals surface area contributed by atoms with Crippen LogP contribution in [0.3, 0.4) is 0 Å². The lowest BCUT2D eigenvalue weighted by molar-refractivity contribution is -0.402. The molecule has 0 aliphatic carbocycles. The van der Waals surface area contributed by atoms with Crippen LogP contribution in [0.25, 0.3) is 0 Å². The number of carbonyl (C=O) groups is 1. The summed E-state index contributed by atoms with van der Waals surface area (Å²) in [5.41, 5.74) is 0. The largest absolute Gasteiger partial charge is 0.481 e. The van der Waals surface area contributed by atoms with Crippen molar-refractivity contribution in [3.8, 4) is 5.40 Å². The fraction of sp³-hybridized carbons (Fsp3) is 0.333. The summed E-state index contributed by atoms with van der Waals surface area (Å²) in [6.45, 7) is 1.08. The van der Waals surface area contributed by atoms with Gasteiger partial charge in [-0.25, -0.2) is 0 Å². The highest BCUT2D eigenvalue weighted by Crippen LogP contribution is 1.46. The number of hydrogen-bond acceptors (Lipinski definition) is 6. The second-order valence-corrected chi connectivity index (χ2v) is 1.04. The van der Waals surface area contributed by atoms with Gasteiger partial charge in [0.15, 0.2) is 0 Å². The number of halogens is 1. The lowest BCUT2D eigenvalue weighted by Gasteiger charge is -1.74. The van der Waals surface area contributed by atoms with Crippen LogP contribution in [0.15, 0.2) is 0 Å². The summed E-state index contributed by atoms with van der Waals surface area (Å²) >= 11 is 3.09. The van der Waals surface area contributed by atoms with Crippen LogP contribution < -0.4 is 0 Å². The molecule has 0 aliphatic rings. The second kappa shape index (κ2) is 22.6. The van der Waals surface area contributed by atoms with Gasteiger partial charge in [-0.2, -0.15) is 5.26 Å². The van der Waals surface area contributed by atoms with Gasteiger partial charge < -0.3 is 20.4 Å². The second-order valence-electron chi connectivity index (χ2n) is 0.843. The number of carboxylic acid groups (broad SMARTS) is 1. The quantitative estimate of drug-likeness (QED) is 0.266. The number of thiocyanates is 1. The SMILES string of the molecule is CC(=O)O.Cl.N#CS.O=[N+]([O-])[O-]. The summed E-state index contributed by atoms with van der Waals surface area (Å²) in [7, 11) is 0. The van der Waals surface area contributed by atoms with Gasteiger partial charge in [-0.05, 0) is 0 Å². The molecule has 9 heteroatoms. The Bertz CT molecular complexity index is 137. The van der Waals surface area contributed by atoms with Crippen LogP contribution >= 0.6 is 25.0 Å². The highest BCUT2D eigenvalue weighted by molar-refractivity contribution is 7.85. The van der Waals surface area contributed by atoms with E-state index in [1.54, 1.807) is 0 Å². The lowest BCUT2D eigenvalue weighted by Crippen LogP contribution is -1.78. The number of thiol groups is 1. The van der Waals surface area contributed by atoms with Crippen LogP contribution in [-0.4, -0.2) is 16.2 Å². The number of nitrogens with zero attached hydrogens (tertiary/aromatic N) is 2. The van der Waals surface area contributed by atoms with Crippen LogP contribution in [0.2, 0.25) is 0 Å². The Morgan fingerprint density at radius 2 is 1.67 bits per heavy atom. The molecular weight excluding hydrogens is 212 g/mol. The van der Waals surface area contributed by atoms with Gasteiger partial charge in [0.2, 0.25) is 0 Å². The van der Waals surface area contributed by atoms with Crippen molar-refractivity contribution in [3.63, 3.8) is 0 Å². The van der Waals surface area contributed by atoms with Crippen molar-refractivity contribution in [2.75, 3.05) is 0 Å². The van der Waals surface area contributed by atoms with Crippen molar-refractivity contribution in [2.24, 2.45) is 0 Å². The van der Waals surface area contributed by atoms with Gasteiger partial charge in [0, 0.05) is 6.92 Å². The van der Waals surface area contributed by atoms with Crippen molar-refractivity contribution in [1.29, 1.82) is 5.26 Å². The zero-order chi connectivity index (χ0) is 9.86. The molecule has 0 saturated heterocycles. The van der Waals surface area contributed by atoms with Gasteiger partial charge in [-0.15, -0.1) is 12.4 Å². The predicted molar refractivity (Wildman–Crippen MR) is 45.5 cm³/mol. The average molecular weight is 218 g/mol. The molecule has 0 heterocycles. The molecule has 0 amide bonds. The normalized spacial score (nSPS) is 4.75. The minimum atomic E-state index is -1.75. The van der Waals surface area contributed by atoms with E-state index in [4.69, 9.17) is 30.5 Å². The minimum Gasteiger partial charge on any atom is -0.481 e. The van der Waals surface area contributed by atoms with E-state index in [9.17, 15) is 0 Å². The van der Waals surface area contributed by atoms with E-state index in [1.165, 1.54) is 5.40 Å². The summed E-state index contributed by atoms with van der Waals surface area (Å²) in [6, 6.07) is 0. The summed E-state index contributed by atoms with van der Waals surface area (Å²) < 4.78 is 0. The Kier molecular flexibility index (Phi) is 42.2. The molecule has 0 bridgehead atoms. The number of aliphatic carboxylic acids is 1.